The SMILES string of the molecule is CN(C)CCNC(=O)CN1CCCN(C(=O)c2ccc(NC(=O)c3ccccc3-c3ccccc3)cc2)c2ccccc21. The van der Waals surface area contributed by atoms with Crippen molar-refractivity contribution in [1.29, 1.82) is 0 Å². The average Bonchev–Trinajstić information content (AvgIpc) is 3.21. The van der Waals surface area contributed by atoms with Crippen LogP contribution in [0.5, 0.6) is 0 Å². The van der Waals surface area contributed by atoms with E-state index in [1.54, 1.807) is 29.2 Å². The minimum absolute atomic E-state index is 0.0412. The second-order valence-electron chi connectivity index (χ2n) is 10.8. The van der Waals surface area contributed by atoms with E-state index < -0.39 is 0 Å². The molecule has 0 aliphatic carbocycles. The van der Waals surface area contributed by atoms with Crippen LogP contribution in [0.4, 0.5) is 17.1 Å². The van der Waals surface area contributed by atoms with Crippen molar-refractivity contribution in [3.8, 4) is 11.1 Å². The van der Waals surface area contributed by atoms with Crippen LogP contribution in [0.2, 0.25) is 0 Å². The second kappa shape index (κ2) is 13.8. The Morgan fingerprint density at radius 1 is 0.767 bits per heavy atom. The first-order valence-corrected chi connectivity index (χ1v) is 14.5. The van der Waals surface area contributed by atoms with Gasteiger partial charge in [-0.1, -0.05) is 60.7 Å². The molecule has 4 aromatic rings. The highest BCUT2D eigenvalue weighted by Crippen LogP contribution is 2.33. The Hall–Kier alpha value is -4.95. The van der Waals surface area contributed by atoms with Crippen molar-refractivity contribution in [1.82, 2.24) is 10.2 Å². The van der Waals surface area contributed by atoms with Gasteiger partial charge < -0.3 is 25.3 Å². The van der Waals surface area contributed by atoms with E-state index >= 15 is 0 Å². The molecule has 0 radical (unpaired) electrons. The van der Waals surface area contributed by atoms with Crippen molar-refractivity contribution in [3.05, 3.63) is 114 Å². The van der Waals surface area contributed by atoms with Gasteiger partial charge in [0.25, 0.3) is 11.8 Å². The van der Waals surface area contributed by atoms with E-state index in [0.29, 0.717) is 36.4 Å². The van der Waals surface area contributed by atoms with Crippen LogP contribution in [0, 0.1) is 0 Å². The Labute approximate surface area is 252 Å². The third-order valence-electron chi connectivity index (χ3n) is 7.43. The Kier molecular flexibility index (Phi) is 9.49. The van der Waals surface area contributed by atoms with Crippen LogP contribution in [0.25, 0.3) is 11.1 Å². The molecule has 3 amide bonds. The number of hydrogen-bond donors (Lipinski definition) is 2. The summed E-state index contributed by atoms with van der Waals surface area (Å²) in [4.78, 5) is 45.5. The maximum absolute atomic E-state index is 13.7. The smallest absolute Gasteiger partial charge is 0.258 e. The highest BCUT2D eigenvalue weighted by molar-refractivity contribution is 6.10. The predicted molar refractivity (Wildman–Crippen MR) is 173 cm³/mol. The highest BCUT2D eigenvalue weighted by atomic mass is 16.2. The summed E-state index contributed by atoms with van der Waals surface area (Å²) in [6.45, 7) is 2.78. The third kappa shape index (κ3) is 7.28. The summed E-state index contributed by atoms with van der Waals surface area (Å²) < 4.78 is 0. The number of fused-ring (bicyclic) bond motifs is 1. The molecule has 0 bridgehead atoms. The van der Waals surface area contributed by atoms with Crippen molar-refractivity contribution in [2.24, 2.45) is 0 Å². The summed E-state index contributed by atoms with van der Waals surface area (Å²) in [5, 5.41) is 5.95. The van der Waals surface area contributed by atoms with Gasteiger partial charge in [0.15, 0.2) is 0 Å². The van der Waals surface area contributed by atoms with E-state index in [1.165, 1.54) is 0 Å². The van der Waals surface area contributed by atoms with Gasteiger partial charge in [-0.05, 0) is 74.1 Å². The number of nitrogens with zero attached hydrogens (tertiary/aromatic N) is 3. The Bertz CT molecular complexity index is 1570. The fourth-order valence-corrected chi connectivity index (χ4v) is 5.24. The monoisotopic (exact) mass is 575 g/mol. The number of anilines is 3. The van der Waals surface area contributed by atoms with Crippen molar-refractivity contribution >= 4 is 34.8 Å². The summed E-state index contributed by atoms with van der Waals surface area (Å²) in [5.74, 6) is -0.386. The quantitative estimate of drug-likeness (QED) is 0.289. The minimum Gasteiger partial charge on any atom is -0.360 e. The molecular weight excluding hydrogens is 538 g/mol. The number of hydrogen-bond acceptors (Lipinski definition) is 5. The van der Waals surface area contributed by atoms with Crippen molar-refractivity contribution in [3.63, 3.8) is 0 Å². The normalized spacial score (nSPS) is 12.8. The lowest BCUT2D eigenvalue weighted by Gasteiger charge is -2.26. The third-order valence-corrected chi connectivity index (χ3v) is 7.43. The summed E-state index contributed by atoms with van der Waals surface area (Å²) >= 11 is 0. The first kappa shape index (κ1) is 29.5. The van der Waals surface area contributed by atoms with Gasteiger partial charge in [-0.25, -0.2) is 0 Å². The molecule has 0 saturated heterocycles. The molecule has 0 aromatic heterocycles. The summed E-state index contributed by atoms with van der Waals surface area (Å²) in [6.07, 6.45) is 0.723. The van der Waals surface area contributed by atoms with Gasteiger partial charge in [-0.15, -0.1) is 0 Å². The van der Waals surface area contributed by atoms with Gasteiger partial charge in [-0.3, -0.25) is 14.4 Å². The summed E-state index contributed by atoms with van der Waals surface area (Å²) in [5.41, 5.74) is 5.16. The molecule has 8 heteroatoms. The molecular formula is C35H37N5O3. The molecule has 2 N–H and O–H groups in total. The molecule has 43 heavy (non-hydrogen) atoms. The van der Waals surface area contributed by atoms with E-state index in [1.807, 2.05) is 103 Å². The first-order chi connectivity index (χ1) is 20.9. The number of carbonyl (C=O) groups excluding carboxylic acids is 3. The number of rotatable bonds is 9. The molecule has 0 fully saturated rings. The van der Waals surface area contributed by atoms with Crippen LogP contribution < -0.4 is 20.4 Å². The standard InChI is InChI=1S/C35H37N5O3/c1-38(2)24-21-36-33(41)25-39-22-10-23-40(32-16-9-8-15-31(32)39)35(43)27-17-19-28(20-18-27)37-34(42)30-14-7-6-13-29(30)26-11-4-3-5-12-26/h3-9,11-20H,10,21-25H2,1-2H3,(H,36,41)(H,37,42). The van der Waals surface area contributed by atoms with Gasteiger partial charge in [-0.2, -0.15) is 0 Å². The molecule has 4 aromatic carbocycles. The molecule has 0 unspecified atom stereocenters. The van der Waals surface area contributed by atoms with Gasteiger partial charge in [0.05, 0.1) is 17.9 Å². The van der Waals surface area contributed by atoms with Gasteiger partial charge in [0.2, 0.25) is 5.91 Å². The molecule has 1 heterocycles. The topological polar surface area (TPSA) is 85.0 Å². The van der Waals surface area contributed by atoms with E-state index in [2.05, 4.69) is 10.6 Å². The largest absolute Gasteiger partial charge is 0.360 e. The molecule has 0 spiro atoms. The van der Waals surface area contributed by atoms with Crippen molar-refractivity contribution in [2.75, 3.05) is 61.9 Å². The molecule has 0 saturated carbocycles. The number of para-hydroxylation sites is 2. The Balaban J connectivity index is 1.28. The predicted octanol–water partition coefficient (Wildman–Crippen LogP) is 5.14. The molecule has 0 atom stereocenters. The maximum Gasteiger partial charge on any atom is 0.258 e. The number of likely N-dealkylation sites (N-methyl/N-ethyl adjacent to an activating group) is 1. The van der Waals surface area contributed by atoms with Crippen LogP contribution in [0.15, 0.2) is 103 Å². The minimum atomic E-state index is -0.217. The van der Waals surface area contributed by atoms with Crippen LogP contribution in [-0.2, 0) is 4.79 Å². The maximum atomic E-state index is 13.7. The zero-order chi connectivity index (χ0) is 30.2. The fourth-order valence-electron chi connectivity index (χ4n) is 5.24. The van der Waals surface area contributed by atoms with Crippen molar-refractivity contribution in [2.45, 2.75) is 6.42 Å². The van der Waals surface area contributed by atoms with E-state index in [0.717, 1.165) is 35.5 Å². The van der Waals surface area contributed by atoms with Gasteiger partial charge >= 0.3 is 0 Å². The lowest BCUT2D eigenvalue weighted by molar-refractivity contribution is -0.119. The number of nitrogens with one attached hydrogen (secondary N) is 2. The zero-order valence-corrected chi connectivity index (χ0v) is 24.6. The molecule has 1 aliphatic heterocycles. The van der Waals surface area contributed by atoms with Crippen LogP contribution >= 0.6 is 0 Å². The summed E-state index contributed by atoms with van der Waals surface area (Å²) in [7, 11) is 3.94. The molecule has 220 valence electrons. The summed E-state index contributed by atoms with van der Waals surface area (Å²) in [6, 6.07) is 32.0. The number of benzene rings is 4. The van der Waals surface area contributed by atoms with E-state index in [-0.39, 0.29) is 24.3 Å². The van der Waals surface area contributed by atoms with E-state index in [4.69, 9.17) is 0 Å². The Morgan fingerprint density at radius 2 is 1.44 bits per heavy atom. The van der Waals surface area contributed by atoms with Crippen molar-refractivity contribution < 1.29 is 14.4 Å². The second-order valence-corrected chi connectivity index (χ2v) is 10.8. The van der Waals surface area contributed by atoms with Gasteiger partial charge in [0.1, 0.15) is 0 Å². The lowest BCUT2D eigenvalue weighted by Crippen LogP contribution is -2.40. The Morgan fingerprint density at radius 3 is 2.19 bits per heavy atom. The molecule has 1 aliphatic rings. The average molecular weight is 576 g/mol. The lowest BCUT2D eigenvalue weighted by atomic mass is 9.99. The van der Waals surface area contributed by atoms with E-state index in [9.17, 15) is 14.4 Å². The van der Waals surface area contributed by atoms with Crippen LogP contribution in [0.1, 0.15) is 27.1 Å². The van der Waals surface area contributed by atoms with Gasteiger partial charge in [0, 0.05) is 43.0 Å². The zero-order valence-electron chi connectivity index (χ0n) is 24.6. The molecule has 8 nitrogen and oxygen atoms in total. The van der Waals surface area contributed by atoms with Crippen LogP contribution in [-0.4, -0.2) is 69.4 Å². The first-order valence-electron chi connectivity index (χ1n) is 14.5. The fraction of sp³-hybridized carbons (Fsp3) is 0.229. The number of carbonyl (C=O) groups is 3. The number of amides is 3. The molecule has 5 rings (SSSR count). The highest BCUT2D eigenvalue weighted by Gasteiger charge is 2.26. The van der Waals surface area contributed by atoms with Crippen LogP contribution in [0.3, 0.4) is 0 Å².